The van der Waals surface area contributed by atoms with Crippen molar-refractivity contribution >= 4 is 31.6 Å². The molecule has 0 spiro atoms. The van der Waals surface area contributed by atoms with Crippen LogP contribution in [0.1, 0.15) is 0 Å². The summed E-state index contributed by atoms with van der Waals surface area (Å²) >= 11 is 5.65. The zero-order chi connectivity index (χ0) is 13.8. The summed E-state index contributed by atoms with van der Waals surface area (Å²) in [4.78, 5) is 3.50. The third-order valence-corrected chi connectivity index (χ3v) is 4.43. The minimum Gasteiger partial charge on any atom is -0.243 e. The van der Waals surface area contributed by atoms with E-state index in [1.165, 1.54) is 18.3 Å². The standard InChI is InChI=1S/C8H12ClN3O4S2/c1-17(13,14)11-5-6-12-18(15,16)7-3-2-4-10-8(7)9/h2-4,11-12H,5-6H2,1H3. The number of hydrogen-bond donors (Lipinski definition) is 2. The van der Waals surface area contributed by atoms with Gasteiger partial charge in [-0.3, -0.25) is 0 Å². The SMILES string of the molecule is CS(=O)(=O)NCCNS(=O)(=O)c1cccnc1Cl. The first-order chi connectivity index (χ1) is 8.22. The van der Waals surface area contributed by atoms with Gasteiger partial charge in [-0.05, 0) is 12.1 Å². The molecule has 2 N–H and O–H groups in total. The van der Waals surface area contributed by atoms with E-state index in [4.69, 9.17) is 11.6 Å². The molecule has 1 aromatic rings. The van der Waals surface area contributed by atoms with Gasteiger partial charge in [0.15, 0.2) is 0 Å². The van der Waals surface area contributed by atoms with Crippen LogP contribution < -0.4 is 9.44 Å². The van der Waals surface area contributed by atoms with E-state index in [-0.39, 0.29) is 23.1 Å². The Morgan fingerprint density at radius 2 is 1.83 bits per heavy atom. The predicted octanol–water partition coefficient (Wildman–Crippen LogP) is -0.437. The number of nitrogens with zero attached hydrogens (tertiary/aromatic N) is 1. The quantitative estimate of drug-likeness (QED) is 0.547. The molecule has 0 aliphatic heterocycles. The second kappa shape index (κ2) is 5.93. The maximum Gasteiger partial charge on any atom is 0.243 e. The van der Waals surface area contributed by atoms with Crippen molar-refractivity contribution in [2.24, 2.45) is 0 Å². The van der Waals surface area contributed by atoms with E-state index in [2.05, 4.69) is 14.4 Å². The summed E-state index contributed by atoms with van der Waals surface area (Å²) in [7, 11) is -7.13. The van der Waals surface area contributed by atoms with E-state index in [9.17, 15) is 16.8 Å². The Morgan fingerprint density at radius 1 is 1.22 bits per heavy atom. The van der Waals surface area contributed by atoms with Crippen LogP contribution in [0.2, 0.25) is 5.15 Å². The average Bonchev–Trinajstić information content (AvgIpc) is 2.24. The molecule has 7 nitrogen and oxygen atoms in total. The van der Waals surface area contributed by atoms with Gasteiger partial charge in [-0.15, -0.1) is 0 Å². The summed E-state index contributed by atoms with van der Waals surface area (Å²) in [6.07, 6.45) is 2.35. The molecule has 0 saturated carbocycles. The molecule has 0 unspecified atom stereocenters. The van der Waals surface area contributed by atoms with Crippen LogP contribution in [0.15, 0.2) is 23.2 Å². The highest BCUT2D eigenvalue weighted by Crippen LogP contribution is 2.16. The topological polar surface area (TPSA) is 105 Å². The van der Waals surface area contributed by atoms with Gasteiger partial charge >= 0.3 is 0 Å². The Kier molecular flexibility index (Phi) is 5.05. The van der Waals surface area contributed by atoms with Gasteiger partial charge in [0.25, 0.3) is 0 Å². The maximum atomic E-state index is 11.8. The van der Waals surface area contributed by atoms with Crippen molar-refractivity contribution in [2.75, 3.05) is 19.3 Å². The maximum absolute atomic E-state index is 11.8. The minimum absolute atomic E-state index is 0.0457. The molecular weight excluding hydrogens is 302 g/mol. The molecule has 0 radical (unpaired) electrons. The Hall–Kier alpha value is -0.740. The zero-order valence-corrected chi connectivity index (χ0v) is 11.8. The summed E-state index contributed by atoms with van der Waals surface area (Å²) < 4.78 is 49.4. The van der Waals surface area contributed by atoms with Gasteiger partial charge in [-0.25, -0.2) is 31.3 Å². The van der Waals surface area contributed by atoms with E-state index < -0.39 is 20.0 Å². The highest BCUT2D eigenvalue weighted by Gasteiger charge is 2.17. The van der Waals surface area contributed by atoms with Gasteiger partial charge in [-0.1, -0.05) is 11.6 Å². The summed E-state index contributed by atoms with van der Waals surface area (Å²) in [6, 6.07) is 2.75. The molecule has 102 valence electrons. The average molecular weight is 314 g/mol. The van der Waals surface area contributed by atoms with Gasteiger partial charge in [-0.2, -0.15) is 0 Å². The largest absolute Gasteiger partial charge is 0.243 e. The van der Waals surface area contributed by atoms with Gasteiger partial charge in [0.2, 0.25) is 20.0 Å². The number of rotatable bonds is 6. The normalized spacial score (nSPS) is 12.6. The van der Waals surface area contributed by atoms with Crippen molar-refractivity contribution in [3.8, 4) is 0 Å². The first-order valence-electron chi connectivity index (χ1n) is 4.77. The van der Waals surface area contributed by atoms with Crippen molar-refractivity contribution in [1.82, 2.24) is 14.4 Å². The molecule has 18 heavy (non-hydrogen) atoms. The molecule has 1 rings (SSSR count). The monoisotopic (exact) mass is 313 g/mol. The lowest BCUT2D eigenvalue weighted by Crippen LogP contribution is -2.34. The second-order valence-electron chi connectivity index (χ2n) is 3.36. The van der Waals surface area contributed by atoms with E-state index in [1.807, 2.05) is 0 Å². The molecule has 0 fully saturated rings. The third kappa shape index (κ3) is 4.86. The predicted molar refractivity (Wildman–Crippen MR) is 67.3 cm³/mol. The summed E-state index contributed by atoms with van der Waals surface area (Å²) in [6.45, 7) is -0.128. The van der Waals surface area contributed by atoms with Crippen LogP contribution in [0.3, 0.4) is 0 Å². The van der Waals surface area contributed by atoms with Crippen LogP contribution >= 0.6 is 11.6 Å². The van der Waals surface area contributed by atoms with Gasteiger partial charge in [0, 0.05) is 19.3 Å². The third-order valence-electron chi connectivity index (χ3n) is 1.80. The molecule has 0 bridgehead atoms. The first-order valence-corrected chi connectivity index (χ1v) is 8.52. The van der Waals surface area contributed by atoms with Gasteiger partial charge in [0.1, 0.15) is 10.0 Å². The smallest absolute Gasteiger partial charge is 0.243 e. The number of hydrogen-bond acceptors (Lipinski definition) is 5. The van der Waals surface area contributed by atoms with Gasteiger partial charge < -0.3 is 0 Å². The van der Waals surface area contributed by atoms with Crippen LogP contribution in [0, 0.1) is 0 Å². The number of nitrogens with one attached hydrogen (secondary N) is 2. The molecule has 0 atom stereocenters. The fraction of sp³-hybridized carbons (Fsp3) is 0.375. The lowest BCUT2D eigenvalue weighted by molar-refractivity contribution is 0.573. The van der Waals surface area contributed by atoms with Crippen LogP contribution in [0.25, 0.3) is 0 Å². The zero-order valence-electron chi connectivity index (χ0n) is 9.42. The fourth-order valence-corrected chi connectivity index (χ4v) is 3.03. The van der Waals surface area contributed by atoms with Crippen molar-refractivity contribution in [3.63, 3.8) is 0 Å². The van der Waals surface area contributed by atoms with Crippen LogP contribution in [0.4, 0.5) is 0 Å². The minimum atomic E-state index is -3.79. The van der Waals surface area contributed by atoms with E-state index in [1.54, 1.807) is 0 Å². The Labute approximate surface area is 111 Å². The lowest BCUT2D eigenvalue weighted by Gasteiger charge is -2.07. The van der Waals surface area contributed by atoms with Gasteiger partial charge in [0.05, 0.1) is 6.26 Å². The molecule has 10 heteroatoms. The molecule has 0 aliphatic carbocycles. The van der Waals surface area contributed by atoms with Crippen molar-refractivity contribution < 1.29 is 16.8 Å². The highest BCUT2D eigenvalue weighted by molar-refractivity contribution is 7.89. The molecule has 0 aliphatic rings. The Bertz CT molecular complexity index is 615. The van der Waals surface area contributed by atoms with Crippen LogP contribution in [-0.4, -0.2) is 41.2 Å². The number of aromatic nitrogens is 1. The fourth-order valence-electron chi connectivity index (χ4n) is 1.07. The van der Waals surface area contributed by atoms with E-state index in [0.29, 0.717) is 0 Å². The van der Waals surface area contributed by atoms with Crippen molar-refractivity contribution in [3.05, 3.63) is 23.5 Å². The Morgan fingerprint density at radius 3 is 2.39 bits per heavy atom. The summed E-state index contributed by atoms with van der Waals surface area (Å²) in [5, 5.41) is -0.138. The highest BCUT2D eigenvalue weighted by atomic mass is 35.5. The van der Waals surface area contributed by atoms with E-state index in [0.717, 1.165) is 6.26 Å². The number of pyridine rings is 1. The second-order valence-corrected chi connectivity index (χ2v) is 7.28. The summed E-state index contributed by atoms with van der Waals surface area (Å²) in [5.41, 5.74) is 0. The molecule has 1 aromatic heterocycles. The van der Waals surface area contributed by atoms with E-state index >= 15 is 0 Å². The van der Waals surface area contributed by atoms with Crippen LogP contribution in [0.5, 0.6) is 0 Å². The molecule has 0 amide bonds. The Balaban J connectivity index is 2.65. The molecular formula is C8H12ClN3O4S2. The summed E-state index contributed by atoms with van der Waals surface area (Å²) in [5.74, 6) is 0. The van der Waals surface area contributed by atoms with Crippen molar-refractivity contribution in [1.29, 1.82) is 0 Å². The van der Waals surface area contributed by atoms with Crippen LogP contribution in [-0.2, 0) is 20.0 Å². The molecule has 0 aromatic carbocycles. The molecule has 1 heterocycles. The molecule has 0 saturated heterocycles. The number of sulfonamides is 2. The van der Waals surface area contributed by atoms with Crippen molar-refractivity contribution in [2.45, 2.75) is 4.90 Å². The number of halogens is 1. The first kappa shape index (κ1) is 15.3. The lowest BCUT2D eigenvalue weighted by atomic mass is 10.5.